The first-order valence-corrected chi connectivity index (χ1v) is 6.82. The van der Waals surface area contributed by atoms with Crippen molar-refractivity contribution in [1.82, 2.24) is 4.90 Å². The van der Waals surface area contributed by atoms with Gasteiger partial charge in [0.2, 0.25) is 0 Å². The van der Waals surface area contributed by atoms with Gasteiger partial charge in [-0.2, -0.15) is 0 Å². The van der Waals surface area contributed by atoms with Gasteiger partial charge in [-0.05, 0) is 18.1 Å². The number of carbonyl (C=O) groups is 2. The summed E-state index contributed by atoms with van der Waals surface area (Å²) in [6.07, 6.45) is 0.581. The van der Waals surface area contributed by atoms with E-state index in [2.05, 4.69) is 0 Å². The van der Waals surface area contributed by atoms with Gasteiger partial charge in [0.25, 0.3) is 5.91 Å². The Morgan fingerprint density at radius 1 is 1.40 bits per heavy atom. The molecule has 110 valence electrons. The lowest BCUT2D eigenvalue weighted by Gasteiger charge is -2.30. The van der Waals surface area contributed by atoms with E-state index in [0.29, 0.717) is 6.54 Å². The molecular weight excluding hydrogens is 262 g/mol. The topological polar surface area (TPSA) is 80.0 Å². The minimum atomic E-state index is -1.05. The van der Waals surface area contributed by atoms with E-state index in [0.717, 1.165) is 24.2 Å². The monoisotopic (exact) mass is 281 g/mol. The van der Waals surface area contributed by atoms with Gasteiger partial charge in [-0.25, -0.2) is 4.79 Å². The zero-order chi connectivity index (χ0) is 14.7. The first-order chi connectivity index (χ1) is 9.56. The van der Waals surface area contributed by atoms with E-state index >= 15 is 0 Å². The van der Waals surface area contributed by atoms with Crippen molar-refractivity contribution in [2.24, 2.45) is 0 Å². The van der Waals surface area contributed by atoms with Crippen LogP contribution in [0.15, 0.2) is 10.5 Å². The van der Waals surface area contributed by atoms with Gasteiger partial charge >= 0.3 is 5.97 Å². The highest BCUT2D eigenvalue weighted by Crippen LogP contribution is 2.19. The van der Waals surface area contributed by atoms with Crippen LogP contribution >= 0.6 is 0 Å². The first-order valence-electron chi connectivity index (χ1n) is 6.82. The Hall–Kier alpha value is -1.82. The molecule has 0 aliphatic carbocycles. The Kier molecular flexibility index (Phi) is 4.44. The summed E-state index contributed by atoms with van der Waals surface area (Å²) in [6.45, 7) is 4.64. The predicted octanol–water partition coefficient (Wildman–Crippen LogP) is 1.33. The number of amides is 1. The van der Waals surface area contributed by atoms with Crippen LogP contribution in [-0.4, -0.2) is 47.7 Å². The molecule has 0 unspecified atom stereocenters. The average Bonchev–Trinajstić information content (AvgIpc) is 2.89. The largest absolute Gasteiger partial charge is 0.479 e. The molecule has 2 heterocycles. The van der Waals surface area contributed by atoms with Gasteiger partial charge in [0.15, 0.2) is 11.9 Å². The molecular formula is C14H19NO5. The van der Waals surface area contributed by atoms with E-state index < -0.39 is 12.1 Å². The van der Waals surface area contributed by atoms with Gasteiger partial charge in [0.05, 0.1) is 13.2 Å². The first kappa shape index (κ1) is 14.6. The fourth-order valence-electron chi connectivity index (χ4n) is 2.31. The van der Waals surface area contributed by atoms with Crippen LogP contribution in [0.25, 0.3) is 0 Å². The summed E-state index contributed by atoms with van der Waals surface area (Å²) in [7, 11) is 0. The van der Waals surface area contributed by atoms with Crippen LogP contribution in [0.3, 0.4) is 0 Å². The summed E-state index contributed by atoms with van der Waals surface area (Å²) in [5.74, 6) is -0.219. The minimum absolute atomic E-state index is 0.0534. The Bertz CT molecular complexity index is 486. The lowest BCUT2D eigenvalue weighted by molar-refractivity contribution is -0.154. The molecule has 1 aromatic heterocycles. The molecule has 1 aromatic rings. The quantitative estimate of drug-likeness (QED) is 0.900. The second-order valence-electron chi connectivity index (χ2n) is 4.72. The molecule has 1 atom stereocenters. The van der Waals surface area contributed by atoms with E-state index in [1.807, 2.05) is 13.8 Å². The molecule has 0 bridgehead atoms. The van der Waals surface area contributed by atoms with Crippen LogP contribution in [-0.2, 0) is 22.4 Å². The van der Waals surface area contributed by atoms with Crippen molar-refractivity contribution in [3.05, 3.63) is 23.2 Å². The summed E-state index contributed by atoms with van der Waals surface area (Å²) in [5, 5.41) is 8.95. The normalized spacial score (nSPS) is 19.1. The standard InChI is InChI=1S/C14H19NO5/c1-3-9-7-11(20-10(9)4-2)13(16)15-5-6-19-12(8-15)14(17)18/h7,12H,3-6,8H2,1-2H3,(H,17,18)/t12-/m0/s1. The van der Waals surface area contributed by atoms with Crippen molar-refractivity contribution >= 4 is 11.9 Å². The number of furan rings is 1. The summed E-state index contributed by atoms with van der Waals surface area (Å²) in [6, 6.07) is 1.76. The summed E-state index contributed by atoms with van der Waals surface area (Å²) >= 11 is 0. The number of carboxylic acids is 1. The van der Waals surface area contributed by atoms with Crippen LogP contribution in [0.5, 0.6) is 0 Å². The molecule has 1 fully saturated rings. The molecule has 0 radical (unpaired) electrons. The van der Waals surface area contributed by atoms with Crippen LogP contribution < -0.4 is 0 Å². The molecule has 0 spiro atoms. The van der Waals surface area contributed by atoms with Gasteiger partial charge in [0, 0.05) is 13.0 Å². The van der Waals surface area contributed by atoms with Crippen molar-refractivity contribution in [3.63, 3.8) is 0 Å². The molecule has 6 heteroatoms. The number of aliphatic carboxylic acids is 1. The number of ether oxygens (including phenoxy) is 1. The molecule has 0 aromatic carbocycles. The van der Waals surface area contributed by atoms with Gasteiger partial charge in [-0.1, -0.05) is 13.8 Å². The van der Waals surface area contributed by atoms with Crippen LogP contribution in [0.4, 0.5) is 0 Å². The third-order valence-electron chi connectivity index (χ3n) is 3.44. The molecule has 1 aliphatic rings. The van der Waals surface area contributed by atoms with Crippen molar-refractivity contribution in [1.29, 1.82) is 0 Å². The Morgan fingerprint density at radius 3 is 2.70 bits per heavy atom. The number of morpholine rings is 1. The zero-order valence-corrected chi connectivity index (χ0v) is 11.7. The highest BCUT2D eigenvalue weighted by molar-refractivity contribution is 5.92. The lowest BCUT2D eigenvalue weighted by atomic mass is 10.1. The number of carboxylic acid groups (broad SMARTS) is 1. The third kappa shape index (κ3) is 2.85. The van der Waals surface area contributed by atoms with Gasteiger partial charge in [-0.3, -0.25) is 4.79 Å². The number of hydrogen-bond donors (Lipinski definition) is 1. The fraction of sp³-hybridized carbons (Fsp3) is 0.571. The zero-order valence-electron chi connectivity index (χ0n) is 11.7. The SMILES string of the molecule is CCc1cc(C(=O)N2CCO[C@H](C(=O)O)C2)oc1CC. The fourth-order valence-corrected chi connectivity index (χ4v) is 2.31. The van der Waals surface area contributed by atoms with Crippen LogP contribution in [0.2, 0.25) is 0 Å². The van der Waals surface area contributed by atoms with Crippen molar-refractivity contribution in [2.45, 2.75) is 32.8 Å². The lowest BCUT2D eigenvalue weighted by Crippen LogP contribution is -2.48. The summed E-state index contributed by atoms with van der Waals surface area (Å²) < 4.78 is 10.7. The molecule has 2 rings (SSSR count). The highest BCUT2D eigenvalue weighted by Gasteiger charge is 2.31. The molecule has 0 saturated carbocycles. The number of aryl methyl sites for hydroxylation is 2. The number of carbonyl (C=O) groups excluding carboxylic acids is 1. The van der Waals surface area contributed by atoms with Gasteiger partial charge in [-0.15, -0.1) is 0 Å². The van der Waals surface area contributed by atoms with Crippen molar-refractivity contribution < 1.29 is 23.8 Å². The number of rotatable bonds is 4. The van der Waals surface area contributed by atoms with Gasteiger partial charge < -0.3 is 19.2 Å². The van der Waals surface area contributed by atoms with E-state index in [1.54, 1.807) is 6.07 Å². The van der Waals surface area contributed by atoms with Crippen LogP contribution in [0.1, 0.15) is 35.7 Å². The maximum absolute atomic E-state index is 12.3. The van der Waals surface area contributed by atoms with E-state index in [9.17, 15) is 9.59 Å². The highest BCUT2D eigenvalue weighted by atomic mass is 16.5. The Balaban J connectivity index is 2.14. The van der Waals surface area contributed by atoms with Crippen molar-refractivity contribution in [3.8, 4) is 0 Å². The number of hydrogen-bond acceptors (Lipinski definition) is 4. The summed E-state index contributed by atoms with van der Waals surface area (Å²) in [5.41, 5.74) is 1.03. The minimum Gasteiger partial charge on any atom is -0.479 e. The van der Waals surface area contributed by atoms with Gasteiger partial charge in [0.1, 0.15) is 5.76 Å². The Labute approximate surface area is 117 Å². The molecule has 1 N–H and O–H groups in total. The predicted molar refractivity (Wildman–Crippen MR) is 70.7 cm³/mol. The van der Waals surface area contributed by atoms with E-state index in [1.165, 1.54) is 4.90 Å². The Morgan fingerprint density at radius 2 is 2.15 bits per heavy atom. The molecule has 20 heavy (non-hydrogen) atoms. The maximum Gasteiger partial charge on any atom is 0.334 e. The second-order valence-corrected chi connectivity index (χ2v) is 4.72. The molecule has 6 nitrogen and oxygen atoms in total. The van der Waals surface area contributed by atoms with E-state index in [-0.39, 0.29) is 24.8 Å². The van der Waals surface area contributed by atoms with Crippen LogP contribution in [0, 0.1) is 0 Å². The average molecular weight is 281 g/mol. The smallest absolute Gasteiger partial charge is 0.334 e. The van der Waals surface area contributed by atoms with E-state index in [4.69, 9.17) is 14.3 Å². The molecule has 1 amide bonds. The summed E-state index contributed by atoms with van der Waals surface area (Å²) in [4.78, 5) is 24.7. The second kappa shape index (κ2) is 6.09. The van der Waals surface area contributed by atoms with Crippen molar-refractivity contribution in [2.75, 3.05) is 19.7 Å². The third-order valence-corrected chi connectivity index (χ3v) is 3.44. The number of nitrogens with zero attached hydrogens (tertiary/aromatic N) is 1. The maximum atomic E-state index is 12.3. The molecule has 1 aliphatic heterocycles. The molecule has 1 saturated heterocycles.